The number of amides is 2. The lowest BCUT2D eigenvalue weighted by molar-refractivity contribution is -0.509. The van der Waals surface area contributed by atoms with E-state index in [0.717, 1.165) is 35.4 Å². The highest BCUT2D eigenvalue weighted by molar-refractivity contribution is 9.11. The molecule has 3 heterocycles. The van der Waals surface area contributed by atoms with E-state index in [1.807, 2.05) is 13.8 Å². The number of aromatic nitrogens is 1. The second kappa shape index (κ2) is 13.0. The highest BCUT2D eigenvalue weighted by Crippen LogP contribution is 2.27. The van der Waals surface area contributed by atoms with Gasteiger partial charge in [0.1, 0.15) is 0 Å². The van der Waals surface area contributed by atoms with Gasteiger partial charge in [0.15, 0.2) is 17.5 Å². The summed E-state index contributed by atoms with van der Waals surface area (Å²) >= 11 is 3.60. The maximum atomic E-state index is 13.4. The van der Waals surface area contributed by atoms with E-state index in [2.05, 4.69) is 93.9 Å². The number of allylic oxidation sites excluding steroid dienone is 4. The Balaban J connectivity index is 1.77. The molecule has 1 atom stereocenters. The summed E-state index contributed by atoms with van der Waals surface area (Å²) in [5, 5.41) is 6.03. The highest BCUT2D eigenvalue weighted by atomic mass is 79.9. The Hall–Kier alpha value is -2.58. The monoisotopic (exact) mass is 584 g/mol. The van der Waals surface area contributed by atoms with Crippen molar-refractivity contribution >= 4 is 39.1 Å². The summed E-state index contributed by atoms with van der Waals surface area (Å²) in [6.07, 6.45) is 11.9. The van der Waals surface area contributed by atoms with Crippen LogP contribution in [0.2, 0.25) is 0 Å². The van der Waals surface area contributed by atoms with Crippen molar-refractivity contribution in [3.05, 3.63) is 57.5 Å². The molecule has 1 aromatic rings. The van der Waals surface area contributed by atoms with E-state index in [1.165, 1.54) is 12.8 Å². The summed E-state index contributed by atoms with van der Waals surface area (Å²) in [6.45, 7) is 16.9. The van der Waals surface area contributed by atoms with Gasteiger partial charge < -0.3 is 10.6 Å². The van der Waals surface area contributed by atoms with Gasteiger partial charge in [0, 0.05) is 55.1 Å². The first-order valence-corrected chi connectivity index (χ1v) is 14.5. The molecule has 1 fully saturated rings. The number of nitrogens with one attached hydrogen (secondary N) is 2. The van der Waals surface area contributed by atoms with Gasteiger partial charge in [-0.1, -0.05) is 29.8 Å². The molecule has 38 heavy (non-hydrogen) atoms. The van der Waals surface area contributed by atoms with E-state index in [1.54, 1.807) is 12.3 Å². The predicted octanol–water partition coefficient (Wildman–Crippen LogP) is 5.72. The molecule has 1 aromatic heterocycles. The molecule has 8 heteroatoms. The Bertz CT molecular complexity index is 1200. The van der Waals surface area contributed by atoms with Crippen LogP contribution in [-0.4, -0.2) is 63.2 Å². The zero-order valence-electron chi connectivity index (χ0n) is 23.9. The lowest BCUT2D eigenvalue weighted by atomic mass is 10.0. The fraction of sp³-hybridized carbons (Fsp3) is 0.533. The van der Waals surface area contributed by atoms with Crippen LogP contribution in [0, 0.1) is 6.92 Å². The molecular formula is C30H43BrN5O2+. The number of carbonyl (C=O) groups excluding carboxylic acids is 2. The summed E-state index contributed by atoms with van der Waals surface area (Å²) in [7, 11) is 0. The number of carbonyl (C=O) groups is 2. The van der Waals surface area contributed by atoms with Crippen molar-refractivity contribution in [2.75, 3.05) is 25.0 Å². The van der Waals surface area contributed by atoms with Crippen LogP contribution in [0.4, 0.5) is 5.69 Å². The van der Waals surface area contributed by atoms with Crippen LogP contribution in [0.5, 0.6) is 0 Å². The van der Waals surface area contributed by atoms with Gasteiger partial charge in [0.2, 0.25) is 0 Å². The molecule has 0 aliphatic carbocycles. The van der Waals surface area contributed by atoms with Crippen LogP contribution < -0.4 is 10.6 Å². The summed E-state index contributed by atoms with van der Waals surface area (Å²) in [4.78, 5) is 33.1. The third kappa shape index (κ3) is 7.08. The van der Waals surface area contributed by atoms with Gasteiger partial charge in [-0.25, -0.2) is 0 Å². The van der Waals surface area contributed by atoms with Gasteiger partial charge in [0.25, 0.3) is 11.8 Å². The zero-order chi connectivity index (χ0) is 28.0. The number of nitrogens with zero attached hydrogens (tertiary/aromatic N) is 3. The summed E-state index contributed by atoms with van der Waals surface area (Å²) in [5.74, 6) is -0.379. The first kappa shape index (κ1) is 30.0. The van der Waals surface area contributed by atoms with Crippen LogP contribution >= 0.6 is 15.9 Å². The van der Waals surface area contributed by atoms with E-state index in [0.29, 0.717) is 35.5 Å². The number of likely N-dealkylation sites (tertiary alicyclic amines) is 1. The molecule has 0 aromatic carbocycles. The van der Waals surface area contributed by atoms with Gasteiger partial charge in [0.05, 0.1) is 22.5 Å². The molecule has 2 aliphatic rings. The SMILES string of the molecule is CC/C(=C(/C)C(=O)Nc1cc(C(=O)NCCN2CCCC2(C)C)cnc1C)[N+]1=C(C)C=C(Br)C=CC1CC. The topological polar surface area (TPSA) is 77.3 Å². The molecule has 2 amide bonds. The molecule has 7 nitrogen and oxygen atoms in total. The van der Waals surface area contributed by atoms with E-state index in [-0.39, 0.29) is 23.4 Å². The predicted molar refractivity (Wildman–Crippen MR) is 159 cm³/mol. The average molecular weight is 586 g/mol. The maximum absolute atomic E-state index is 13.4. The quantitative estimate of drug-likeness (QED) is 0.287. The largest absolute Gasteiger partial charge is 0.351 e. The molecular weight excluding hydrogens is 542 g/mol. The molecule has 0 saturated carbocycles. The van der Waals surface area contributed by atoms with Crippen LogP contribution in [0.15, 0.2) is 46.2 Å². The van der Waals surface area contributed by atoms with Gasteiger partial charge in [-0.2, -0.15) is 4.58 Å². The average Bonchev–Trinajstić information content (AvgIpc) is 3.14. The minimum absolute atomic E-state index is 0.153. The number of hydrogen-bond donors (Lipinski definition) is 2. The van der Waals surface area contributed by atoms with Crippen molar-refractivity contribution in [1.29, 1.82) is 0 Å². The van der Waals surface area contributed by atoms with Crippen molar-refractivity contribution in [3.63, 3.8) is 0 Å². The summed E-state index contributed by atoms with van der Waals surface area (Å²) in [5.41, 5.74) is 4.52. The Morgan fingerprint density at radius 2 is 2.00 bits per heavy atom. The summed E-state index contributed by atoms with van der Waals surface area (Å²) in [6, 6.07) is 1.87. The molecule has 0 spiro atoms. The lowest BCUT2D eigenvalue weighted by Crippen LogP contribution is -2.43. The maximum Gasteiger partial charge on any atom is 0.257 e. The normalized spacial score (nSPS) is 20.1. The molecule has 1 saturated heterocycles. The zero-order valence-corrected chi connectivity index (χ0v) is 25.5. The van der Waals surface area contributed by atoms with Gasteiger partial charge in [-0.3, -0.25) is 19.5 Å². The van der Waals surface area contributed by atoms with Crippen LogP contribution in [0.1, 0.15) is 83.3 Å². The van der Waals surface area contributed by atoms with Crippen LogP contribution in [0.25, 0.3) is 0 Å². The molecule has 2 N–H and O–H groups in total. The molecule has 0 bridgehead atoms. The highest BCUT2D eigenvalue weighted by Gasteiger charge is 2.31. The van der Waals surface area contributed by atoms with Crippen molar-refractivity contribution in [3.8, 4) is 0 Å². The number of halogens is 1. The first-order chi connectivity index (χ1) is 18.0. The summed E-state index contributed by atoms with van der Waals surface area (Å²) < 4.78 is 3.26. The standard InChI is InChI=1S/C30H42BrN5O2/c1-8-25-12-11-24(31)17-20(3)36(25)27(9-2)21(4)28(37)34-26-18-23(19-33-22(26)5)29(38)32-14-16-35-15-10-13-30(35,6)7/h11-12,17-19,25H,8-10,13-16H2,1-7H3,(H-,32,34,37,38)/p+1/b27-21+. The van der Waals surface area contributed by atoms with Crippen LogP contribution in [0.3, 0.4) is 0 Å². The Kier molecular flexibility index (Phi) is 10.2. The number of rotatable bonds is 9. The Morgan fingerprint density at radius 1 is 1.26 bits per heavy atom. The Morgan fingerprint density at radius 3 is 2.63 bits per heavy atom. The number of anilines is 1. The van der Waals surface area contributed by atoms with Crippen molar-refractivity contribution in [2.24, 2.45) is 0 Å². The van der Waals surface area contributed by atoms with Crippen molar-refractivity contribution < 1.29 is 14.2 Å². The van der Waals surface area contributed by atoms with Gasteiger partial charge in [-0.15, -0.1) is 0 Å². The molecule has 2 aliphatic heterocycles. The molecule has 3 rings (SSSR count). The lowest BCUT2D eigenvalue weighted by Gasteiger charge is -2.31. The number of hydrogen-bond acceptors (Lipinski definition) is 4. The second-order valence-electron chi connectivity index (χ2n) is 10.8. The van der Waals surface area contributed by atoms with E-state index >= 15 is 0 Å². The van der Waals surface area contributed by atoms with E-state index in [4.69, 9.17) is 0 Å². The molecule has 206 valence electrons. The van der Waals surface area contributed by atoms with Gasteiger partial charge >= 0.3 is 0 Å². The smallest absolute Gasteiger partial charge is 0.257 e. The van der Waals surface area contributed by atoms with Crippen LogP contribution in [-0.2, 0) is 4.79 Å². The number of pyridine rings is 1. The Labute approximate surface area is 236 Å². The second-order valence-corrected chi connectivity index (χ2v) is 11.7. The molecule has 0 radical (unpaired) electrons. The first-order valence-electron chi connectivity index (χ1n) is 13.7. The third-order valence-corrected chi connectivity index (χ3v) is 8.18. The molecule has 1 unspecified atom stereocenters. The van der Waals surface area contributed by atoms with Crippen molar-refractivity contribution in [1.82, 2.24) is 15.2 Å². The fourth-order valence-electron chi connectivity index (χ4n) is 5.33. The minimum atomic E-state index is -0.195. The minimum Gasteiger partial charge on any atom is -0.351 e. The third-order valence-electron chi connectivity index (χ3n) is 7.69. The van der Waals surface area contributed by atoms with E-state index < -0.39 is 0 Å². The fourth-order valence-corrected chi connectivity index (χ4v) is 5.81. The number of aryl methyl sites for hydroxylation is 1. The van der Waals surface area contributed by atoms with Crippen molar-refractivity contribution in [2.45, 2.75) is 85.7 Å². The van der Waals surface area contributed by atoms with E-state index in [9.17, 15) is 9.59 Å². The van der Waals surface area contributed by atoms with Gasteiger partial charge in [-0.05, 0) is 65.3 Å².